The molecule has 9 heteroatoms. The first-order chi connectivity index (χ1) is 10.8. The van der Waals surface area contributed by atoms with Gasteiger partial charge >= 0.3 is 0 Å². The number of nitrogens with one attached hydrogen (secondary N) is 1. The lowest BCUT2D eigenvalue weighted by Crippen LogP contribution is -1.99. The number of hydrogen-bond donors (Lipinski definition) is 1. The van der Waals surface area contributed by atoms with Crippen molar-refractivity contribution in [3.8, 4) is 11.7 Å². The van der Waals surface area contributed by atoms with Gasteiger partial charge in [-0.15, -0.1) is 20.4 Å². The summed E-state index contributed by atoms with van der Waals surface area (Å²) >= 11 is 3.05. The number of thioether (sulfide) groups is 1. The summed E-state index contributed by atoms with van der Waals surface area (Å²) in [6.07, 6.45) is 3.85. The molecule has 0 aliphatic heterocycles. The van der Waals surface area contributed by atoms with Crippen molar-refractivity contribution in [2.24, 2.45) is 0 Å². The molecule has 0 bridgehead atoms. The van der Waals surface area contributed by atoms with Gasteiger partial charge < -0.3 is 14.2 Å². The average molecular weight is 337 g/mol. The van der Waals surface area contributed by atoms with E-state index < -0.39 is 0 Å². The van der Waals surface area contributed by atoms with Gasteiger partial charge in [0, 0.05) is 6.54 Å². The zero-order valence-corrected chi connectivity index (χ0v) is 13.6. The Balaban J connectivity index is 1.52. The van der Waals surface area contributed by atoms with Gasteiger partial charge in [0.1, 0.15) is 0 Å². The van der Waals surface area contributed by atoms with Crippen LogP contribution in [0, 0.1) is 0 Å². The lowest BCUT2D eigenvalue weighted by atomic mass is 10.3. The van der Waals surface area contributed by atoms with Gasteiger partial charge in [0.25, 0.3) is 5.89 Å². The number of anilines is 1. The van der Waals surface area contributed by atoms with Gasteiger partial charge in [0.2, 0.25) is 11.0 Å². The van der Waals surface area contributed by atoms with Crippen LogP contribution < -0.4 is 5.32 Å². The molecule has 0 saturated carbocycles. The monoisotopic (exact) mass is 337 g/mol. The Morgan fingerprint density at radius 1 is 1.27 bits per heavy atom. The number of aromatic nitrogens is 4. The smallest absolute Gasteiger partial charge is 0.283 e. The number of rotatable bonds is 8. The van der Waals surface area contributed by atoms with E-state index in [2.05, 4.69) is 32.6 Å². The average Bonchev–Trinajstić information content (AvgIpc) is 3.26. The number of furan rings is 1. The SMILES string of the molecule is CCCCNc1nnc(SCc2nnc(-c3ccco3)o2)s1. The molecule has 0 spiro atoms. The quantitative estimate of drug-likeness (QED) is 0.492. The summed E-state index contributed by atoms with van der Waals surface area (Å²) in [6.45, 7) is 3.08. The Kier molecular flexibility index (Phi) is 5.07. The maximum Gasteiger partial charge on any atom is 0.283 e. The fourth-order valence-corrected chi connectivity index (χ4v) is 3.26. The van der Waals surface area contributed by atoms with E-state index in [9.17, 15) is 0 Å². The zero-order chi connectivity index (χ0) is 15.2. The molecule has 0 radical (unpaired) electrons. The van der Waals surface area contributed by atoms with Crippen molar-refractivity contribution >= 4 is 28.2 Å². The number of nitrogens with zero attached hydrogens (tertiary/aromatic N) is 4. The van der Waals surface area contributed by atoms with E-state index in [1.54, 1.807) is 18.4 Å². The van der Waals surface area contributed by atoms with Gasteiger partial charge in [0.05, 0.1) is 12.0 Å². The molecule has 3 aromatic rings. The minimum absolute atomic E-state index is 0.389. The standard InChI is InChI=1S/C13H15N5O2S2/c1-2-3-6-14-12-17-18-13(22-12)21-8-10-15-16-11(20-10)9-5-4-7-19-9/h4-5,7H,2-3,6,8H2,1H3,(H,14,17). The maximum atomic E-state index is 5.54. The molecule has 116 valence electrons. The van der Waals surface area contributed by atoms with Gasteiger partial charge in [-0.25, -0.2) is 0 Å². The van der Waals surface area contributed by atoms with Crippen LogP contribution in [0.2, 0.25) is 0 Å². The lowest BCUT2D eigenvalue weighted by molar-refractivity contribution is 0.494. The van der Waals surface area contributed by atoms with Crippen LogP contribution in [0.1, 0.15) is 25.7 Å². The third-order valence-electron chi connectivity index (χ3n) is 2.73. The summed E-state index contributed by atoms with van der Waals surface area (Å²) in [5, 5.41) is 20.3. The van der Waals surface area contributed by atoms with Crippen LogP contribution in [0.3, 0.4) is 0 Å². The minimum Gasteiger partial charge on any atom is -0.459 e. The Morgan fingerprint density at radius 2 is 2.23 bits per heavy atom. The Morgan fingerprint density at radius 3 is 3.05 bits per heavy atom. The Bertz CT molecular complexity index is 695. The fraction of sp³-hybridized carbons (Fsp3) is 0.385. The van der Waals surface area contributed by atoms with E-state index in [1.807, 2.05) is 0 Å². The third-order valence-corrected chi connectivity index (χ3v) is 4.73. The maximum absolute atomic E-state index is 5.54. The van der Waals surface area contributed by atoms with Crippen molar-refractivity contribution in [1.29, 1.82) is 0 Å². The van der Waals surface area contributed by atoms with Crippen molar-refractivity contribution in [2.45, 2.75) is 29.9 Å². The highest BCUT2D eigenvalue weighted by Gasteiger charge is 2.12. The van der Waals surface area contributed by atoms with E-state index in [0.717, 1.165) is 28.9 Å². The van der Waals surface area contributed by atoms with Gasteiger partial charge in [0.15, 0.2) is 10.1 Å². The number of hydrogen-bond acceptors (Lipinski definition) is 9. The predicted molar refractivity (Wildman–Crippen MR) is 84.9 cm³/mol. The van der Waals surface area contributed by atoms with Crippen molar-refractivity contribution in [3.05, 3.63) is 24.3 Å². The van der Waals surface area contributed by atoms with Gasteiger partial charge in [-0.1, -0.05) is 36.4 Å². The van der Waals surface area contributed by atoms with E-state index in [-0.39, 0.29) is 0 Å². The highest BCUT2D eigenvalue weighted by Crippen LogP contribution is 2.28. The topological polar surface area (TPSA) is 89.9 Å². The molecular formula is C13H15N5O2S2. The first-order valence-corrected chi connectivity index (χ1v) is 8.72. The first-order valence-electron chi connectivity index (χ1n) is 6.91. The van der Waals surface area contributed by atoms with Gasteiger partial charge in [-0.2, -0.15) is 0 Å². The van der Waals surface area contributed by atoms with Crippen molar-refractivity contribution in [2.75, 3.05) is 11.9 Å². The highest BCUT2D eigenvalue weighted by atomic mass is 32.2. The predicted octanol–water partition coefficient (Wildman–Crippen LogP) is 3.69. The zero-order valence-electron chi connectivity index (χ0n) is 12.0. The molecule has 0 amide bonds. The molecule has 1 N–H and O–H groups in total. The molecule has 0 aromatic carbocycles. The third kappa shape index (κ3) is 3.86. The van der Waals surface area contributed by atoms with Crippen LogP contribution in [0.15, 0.2) is 31.6 Å². The van der Waals surface area contributed by atoms with Crippen LogP contribution in [0.4, 0.5) is 5.13 Å². The summed E-state index contributed by atoms with van der Waals surface area (Å²) < 4.78 is 11.6. The summed E-state index contributed by atoms with van der Waals surface area (Å²) in [7, 11) is 0. The second-order valence-electron chi connectivity index (χ2n) is 4.42. The molecule has 7 nitrogen and oxygen atoms in total. The second kappa shape index (κ2) is 7.41. The fourth-order valence-electron chi connectivity index (χ4n) is 1.65. The van der Waals surface area contributed by atoms with E-state index in [4.69, 9.17) is 8.83 Å². The largest absolute Gasteiger partial charge is 0.459 e. The van der Waals surface area contributed by atoms with Crippen LogP contribution in [0.25, 0.3) is 11.7 Å². The summed E-state index contributed by atoms with van der Waals surface area (Å²) in [6, 6.07) is 3.56. The first kappa shape index (κ1) is 15.0. The summed E-state index contributed by atoms with van der Waals surface area (Å²) in [5.74, 6) is 2.05. The highest BCUT2D eigenvalue weighted by molar-refractivity contribution is 8.00. The molecule has 0 aliphatic rings. The molecule has 3 aromatic heterocycles. The van der Waals surface area contributed by atoms with Crippen molar-refractivity contribution in [1.82, 2.24) is 20.4 Å². The van der Waals surface area contributed by atoms with Crippen LogP contribution in [-0.2, 0) is 5.75 Å². The Hall–Kier alpha value is -1.87. The van der Waals surface area contributed by atoms with Crippen LogP contribution in [0.5, 0.6) is 0 Å². The molecule has 0 fully saturated rings. The lowest BCUT2D eigenvalue weighted by Gasteiger charge is -1.97. The van der Waals surface area contributed by atoms with Gasteiger partial charge in [-0.3, -0.25) is 0 Å². The van der Waals surface area contributed by atoms with Crippen molar-refractivity contribution in [3.63, 3.8) is 0 Å². The van der Waals surface area contributed by atoms with Crippen molar-refractivity contribution < 1.29 is 8.83 Å². The van der Waals surface area contributed by atoms with E-state index in [0.29, 0.717) is 23.3 Å². The molecular weight excluding hydrogens is 322 g/mol. The molecule has 22 heavy (non-hydrogen) atoms. The van der Waals surface area contributed by atoms with Crippen LogP contribution >= 0.6 is 23.1 Å². The van der Waals surface area contributed by atoms with Crippen LogP contribution in [-0.4, -0.2) is 26.9 Å². The summed E-state index contributed by atoms with van der Waals surface area (Å²) in [5.41, 5.74) is 0. The molecule has 0 aliphatic carbocycles. The minimum atomic E-state index is 0.389. The molecule has 0 atom stereocenters. The normalized spacial score (nSPS) is 11.0. The van der Waals surface area contributed by atoms with E-state index in [1.165, 1.54) is 23.1 Å². The molecule has 0 saturated heterocycles. The van der Waals surface area contributed by atoms with Gasteiger partial charge in [-0.05, 0) is 18.6 Å². The number of unbranched alkanes of at least 4 members (excludes halogenated alkanes) is 1. The molecule has 3 heterocycles. The van der Waals surface area contributed by atoms with E-state index >= 15 is 0 Å². The molecule has 0 unspecified atom stereocenters. The second-order valence-corrected chi connectivity index (χ2v) is 6.62. The summed E-state index contributed by atoms with van der Waals surface area (Å²) in [4.78, 5) is 0. The molecule has 3 rings (SSSR count). The Labute approximate surface area is 135 Å².